The molecule has 1 saturated heterocycles. The first-order valence-electron chi connectivity index (χ1n) is 11.8. The zero-order valence-corrected chi connectivity index (χ0v) is 19.9. The molecule has 190 valence electrons. The van der Waals surface area contributed by atoms with Crippen molar-refractivity contribution in [1.29, 1.82) is 0 Å². The number of piperidine rings is 1. The predicted octanol–water partition coefficient (Wildman–Crippen LogP) is 6.30. The summed E-state index contributed by atoms with van der Waals surface area (Å²) < 4.78 is 40.2. The molecule has 1 aliphatic rings. The van der Waals surface area contributed by atoms with Crippen LogP contribution in [0, 0.1) is 10.1 Å². The average Bonchev–Trinajstić information content (AvgIpc) is 2.82. The van der Waals surface area contributed by atoms with Gasteiger partial charge in [0, 0.05) is 43.5 Å². The Bertz CT molecular complexity index is 1010. The molecule has 2 aromatic rings. The fourth-order valence-electron chi connectivity index (χ4n) is 4.58. The molecule has 1 N–H and O–H groups in total. The average molecular weight is 493 g/mol. The highest BCUT2D eigenvalue weighted by Crippen LogP contribution is 2.37. The Labute approximate surface area is 203 Å². The van der Waals surface area contributed by atoms with Crippen molar-refractivity contribution in [2.75, 3.05) is 18.4 Å². The minimum atomic E-state index is -4.92. The number of likely N-dealkylation sites (tertiary alicyclic amines) is 1. The maximum absolute atomic E-state index is 13.4. The van der Waals surface area contributed by atoms with Gasteiger partial charge in [-0.1, -0.05) is 43.7 Å². The molecule has 1 aliphatic heterocycles. The van der Waals surface area contributed by atoms with Crippen molar-refractivity contribution in [1.82, 2.24) is 9.80 Å². The molecule has 0 spiro atoms. The molecule has 0 saturated carbocycles. The molecule has 1 heterocycles. The van der Waals surface area contributed by atoms with Crippen molar-refractivity contribution >= 4 is 17.4 Å². The first-order chi connectivity index (χ1) is 16.6. The number of hydrogen-bond donors (Lipinski definition) is 1. The zero-order valence-electron chi connectivity index (χ0n) is 19.9. The minimum absolute atomic E-state index is 0.0829. The van der Waals surface area contributed by atoms with E-state index in [0.717, 1.165) is 56.5 Å². The molecule has 35 heavy (non-hydrogen) atoms. The van der Waals surface area contributed by atoms with Crippen molar-refractivity contribution in [2.24, 2.45) is 0 Å². The Hall–Kier alpha value is -3.14. The number of carbonyl (C=O) groups is 1. The lowest BCUT2D eigenvalue weighted by Gasteiger charge is -2.40. The third kappa shape index (κ3) is 6.94. The van der Waals surface area contributed by atoms with E-state index in [2.05, 4.69) is 24.1 Å². The first-order valence-corrected chi connectivity index (χ1v) is 11.8. The van der Waals surface area contributed by atoms with Gasteiger partial charge in [0.15, 0.2) is 0 Å². The summed E-state index contributed by atoms with van der Waals surface area (Å²) in [6.07, 6.45) is -1.22. The molecule has 2 aromatic carbocycles. The van der Waals surface area contributed by atoms with E-state index >= 15 is 0 Å². The van der Waals surface area contributed by atoms with Crippen molar-refractivity contribution in [2.45, 2.75) is 64.3 Å². The Balaban J connectivity index is 1.81. The van der Waals surface area contributed by atoms with Gasteiger partial charge >= 0.3 is 12.2 Å². The van der Waals surface area contributed by atoms with Crippen LogP contribution in [0.1, 0.15) is 50.7 Å². The lowest BCUT2D eigenvalue weighted by Crippen LogP contribution is -2.50. The summed E-state index contributed by atoms with van der Waals surface area (Å²) in [5.41, 5.74) is -1.68. The molecule has 0 aliphatic carbocycles. The number of halogens is 3. The standard InChI is InChI=1S/C25H31F3N4O3/c1-3-7-18(2)30-14-12-21(13-15-30)31(17-19-8-5-4-6-9-19)24(33)29-20-10-11-23(32(34)35)22(16-20)25(26,27)28/h4-6,8-11,16,18,21H,3,7,12-15,17H2,1-2H3,(H,29,33). The van der Waals surface area contributed by atoms with Gasteiger partial charge in [-0.05, 0) is 43.9 Å². The second kappa shape index (κ2) is 11.5. The molecule has 0 bridgehead atoms. The molecule has 0 aromatic heterocycles. The van der Waals surface area contributed by atoms with Crippen LogP contribution in [0.25, 0.3) is 0 Å². The molecule has 0 radical (unpaired) electrons. The van der Waals surface area contributed by atoms with Crippen molar-refractivity contribution < 1.29 is 22.9 Å². The highest BCUT2D eigenvalue weighted by molar-refractivity contribution is 5.90. The lowest BCUT2D eigenvalue weighted by atomic mass is 10.00. The lowest BCUT2D eigenvalue weighted by molar-refractivity contribution is -0.388. The molecule has 1 unspecified atom stereocenters. The van der Waals surface area contributed by atoms with Gasteiger partial charge in [0.05, 0.1) is 4.92 Å². The van der Waals surface area contributed by atoms with Gasteiger partial charge in [-0.3, -0.25) is 10.1 Å². The molecule has 3 rings (SSSR count). The number of benzene rings is 2. The van der Waals surface area contributed by atoms with E-state index in [1.165, 1.54) is 0 Å². The second-order valence-corrected chi connectivity index (χ2v) is 8.94. The fourth-order valence-corrected chi connectivity index (χ4v) is 4.58. The van der Waals surface area contributed by atoms with E-state index in [9.17, 15) is 28.1 Å². The van der Waals surface area contributed by atoms with Crippen molar-refractivity contribution in [3.05, 3.63) is 69.8 Å². The molecular weight excluding hydrogens is 461 g/mol. The number of nitro benzene ring substituents is 1. The number of carbonyl (C=O) groups excluding carboxylic acids is 1. The number of rotatable bonds is 8. The summed E-state index contributed by atoms with van der Waals surface area (Å²) in [7, 11) is 0. The largest absolute Gasteiger partial charge is 0.423 e. The smallest absolute Gasteiger partial charge is 0.317 e. The Morgan fingerprint density at radius 2 is 1.86 bits per heavy atom. The van der Waals surface area contributed by atoms with Crippen molar-refractivity contribution in [3.63, 3.8) is 0 Å². The van der Waals surface area contributed by atoms with Crippen LogP contribution in [-0.2, 0) is 12.7 Å². The number of urea groups is 1. The monoisotopic (exact) mass is 492 g/mol. The summed E-state index contributed by atoms with van der Waals surface area (Å²) >= 11 is 0. The fraction of sp³-hybridized carbons (Fsp3) is 0.480. The van der Waals surface area contributed by atoms with Crippen molar-refractivity contribution in [3.8, 4) is 0 Å². The molecule has 2 amide bonds. The van der Waals surface area contributed by atoms with Crippen LogP contribution in [0.2, 0.25) is 0 Å². The van der Waals surface area contributed by atoms with Crippen LogP contribution >= 0.6 is 0 Å². The number of nitro groups is 1. The highest BCUT2D eigenvalue weighted by atomic mass is 19.4. The first kappa shape index (κ1) is 26.5. The summed E-state index contributed by atoms with van der Waals surface area (Å²) in [4.78, 5) is 27.3. The van der Waals surface area contributed by atoms with E-state index in [4.69, 9.17) is 0 Å². The van der Waals surface area contributed by atoms with Gasteiger partial charge in [-0.25, -0.2) is 4.79 Å². The van der Waals surface area contributed by atoms with Crippen LogP contribution in [0.4, 0.5) is 29.3 Å². The van der Waals surface area contributed by atoms with E-state index in [0.29, 0.717) is 18.7 Å². The summed E-state index contributed by atoms with van der Waals surface area (Å²) in [6, 6.07) is 11.8. The summed E-state index contributed by atoms with van der Waals surface area (Å²) in [6.45, 7) is 6.32. The number of hydrogen-bond acceptors (Lipinski definition) is 4. The van der Waals surface area contributed by atoms with E-state index in [-0.39, 0.29) is 11.7 Å². The van der Waals surface area contributed by atoms with Crippen LogP contribution < -0.4 is 5.32 Å². The van der Waals surface area contributed by atoms with Gasteiger partial charge in [0.2, 0.25) is 0 Å². The van der Waals surface area contributed by atoms with Crippen LogP contribution in [-0.4, -0.2) is 45.9 Å². The van der Waals surface area contributed by atoms with E-state index in [1.54, 1.807) is 4.90 Å². The van der Waals surface area contributed by atoms with Crippen LogP contribution in [0.15, 0.2) is 48.5 Å². The third-order valence-electron chi connectivity index (χ3n) is 6.48. The molecule has 1 atom stereocenters. The highest BCUT2D eigenvalue weighted by Gasteiger charge is 2.39. The third-order valence-corrected chi connectivity index (χ3v) is 6.48. The number of nitrogens with one attached hydrogen (secondary N) is 1. The SMILES string of the molecule is CCCC(C)N1CCC(N(Cc2ccccc2)C(=O)Nc2ccc([N+](=O)[O-])c(C(F)(F)F)c2)CC1. The molecule has 10 heteroatoms. The quantitative estimate of drug-likeness (QED) is 0.346. The molecular formula is C25H31F3N4O3. The van der Waals surface area contributed by atoms with Crippen LogP contribution in [0.5, 0.6) is 0 Å². The Morgan fingerprint density at radius 1 is 1.20 bits per heavy atom. The van der Waals surface area contributed by atoms with Gasteiger partial charge in [-0.15, -0.1) is 0 Å². The summed E-state index contributed by atoms with van der Waals surface area (Å²) in [5, 5.41) is 13.6. The Kier molecular flexibility index (Phi) is 8.71. The number of amides is 2. The predicted molar refractivity (Wildman–Crippen MR) is 128 cm³/mol. The van der Waals surface area contributed by atoms with Crippen LogP contribution in [0.3, 0.4) is 0 Å². The van der Waals surface area contributed by atoms with Gasteiger partial charge < -0.3 is 15.1 Å². The zero-order chi connectivity index (χ0) is 25.6. The number of alkyl halides is 3. The molecule has 1 fully saturated rings. The van der Waals surface area contributed by atoms with Gasteiger partial charge in [-0.2, -0.15) is 13.2 Å². The topological polar surface area (TPSA) is 78.7 Å². The second-order valence-electron chi connectivity index (χ2n) is 8.94. The maximum atomic E-state index is 13.4. The number of nitrogens with zero attached hydrogens (tertiary/aromatic N) is 3. The van der Waals surface area contributed by atoms with E-state index in [1.807, 2.05) is 30.3 Å². The minimum Gasteiger partial charge on any atom is -0.317 e. The number of anilines is 1. The Morgan fingerprint density at radius 3 is 2.43 bits per heavy atom. The summed E-state index contributed by atoms with van der Waals surface area (Å²) in [5.74, 6) is 0. The normalized spacial score (nSPS) is 16.0. The van der Waals surface area contributed by atoms with Gasteiger partial charge in [0.1, 0.15) is 5.56 Å². The van der Waals surface area contributed by atoms with Gasteiger partial charge in [0.25, 0.3) is 5.69 Å². The maximum Gasteiger partial charge on any atom is 0.423 e. The van der Waals surface area contributed by atoms with E-state index < -0.39 is 28.4 Å². The molecule has 7 nitrogen and oxygen atoms in total.